The zero-order chi connectivity index (χ0) is 19.6. The van der Waals surface area contributed by atoms with Gasteiger partial charge in [0.25, 0.3) is 0 Å². The Bertz CT molecular complexity index is 655. The number of carbonyl (C=O) groups is 2. The topological polar surface area (TPSA) is 89.9 Å². The van der Waals surface area contributed by atoms with Gasteiger partial charge in [-0.15, -0.1) is 24.0 Å². The van der Waals surface area contributed by atoms with E-state index in [2.05, 4.69) is 20.6 Å². The van der Waals surface area contributed by atoms with Crippen molar-refractivity contribution in [2.24, 2.45) is 4.99 Å². The highest BCUT2D eigenvalue weighted by atomic mass is 127. The summed E-state index contributed by atoms with van der Waals surface area (Å²) in [5.74, 6) is 0.743. The molecule has 0 radical (unpaired) electrons. The fourth-order valence-corrected chi connectivity index (χ4v) is 2.96. The zero-order valence-corrected chi connectivity index (χ0v) is 19.2. The number of nitrogens with zero attached hydrogens (tertiary/aromatic N) is 4. The van der Waals surface area contributed by atoms with Crippen LogP contribution in [0.2, 0.25) is 0 Å². The summed E-state index contributed by atoms with van der Waals surface area (Å²) in [6, 6.07) is 5.93. The maximum Gasteiger partial charge on any atom is 0.241 e. The Morgan fingerprint density at radius 3 is 2.82 bits per heavy atom. The lowest BCUT2D eigenvalue weighted by Gasteiger charge is -2.20. The molecule has 28 heavy (non-hydrogen) atoms. The van der Waals surface area contributed by atoms with E-state index in [4.69, 9.17) is 0 Å². The van der Waals surface area contributed by atoms with Crippen molar-refractivity contribution in [3.8, 4) is 0 Å². The van der Waals surface area contributed by atoms with Gasteiger partial charge in [-0.1, -0.05) is 13.0 Å². The third-order valence-electron chi connectivity index (χ3n) is 4.67. The molecule has 2 N–H and O–H groups in total. The molecule has 1 aromatic rings. The van der Waals surface area contributed by atoms with Gasteiger partial charge >= 0.3 is 0 Å². The Balaban J connectivity index is 0.00000392. The van der Waals surface area contributed by atoms with Crippen LogP contribution in [-0.2, 0) is 16.0 Å². The monoisotopic (exact) mass is 502 g/mol. The normalized spacial score (nSPS) is 16.3. The van der Waals surface area contributed by atoms with Crippen LogP contribution in [0.3, 0.4) is 0 Å². The molecule has 1 unspecified atom stereocenters. The molecule has 2 rings (SSSR count). The Morgan fingerprint density at radius 2 is 2.18 bits per heavy atom. The molecule has 8 nitrogen and oxygen atoms in total. The largest absolute Gasteiger partial charge is 0.352 e. The number of hydrogen-bond acceptors (Lipinski definition) is 4. The molecule has 0 bridgehead atoms. The summed E-state index contributed by atoms with van der Waals surface area (Å²) < 4.78 is 0. The van der Waals surface area contributed by atoms with Crippen LogP contribution in [0.15, 0.2) is 29.4 Å². The Labute approximate surface area is 184 Å². The van der Waals surface area contributed by atoms with Crippen molar-refractivity contribution in [2.45, 2.75) is 32.2 Å². The first kappa shape index (κ1) is 24.1. The lowest BCUT2D eigenvalue weighted by atomic mass is 10.2. The molecule has 1 aliphatic rings. The van der Waals surface area contributed by atoms with Gasteiger partial charge < -0.3 is 20.4 Å². The number of hydrogen-bond donors (Lipinski definition) is 2. The molecule has 1 atom stereocenters. The first-order valence-electron chi connectivity index (χ1n) is 9.42. The number of carbonyl (C=O) groups excluding carboxylic acids is 2. The fraction of sp³-hybridized carbons (Fsp3) is 0.579. The molecule has 9 heteroatoms. The summed E-state index contributed by atoms with van der Waals surface area (Å²) in [5, 5.41) is 6.35. The Morgan fingerprint density at radius 1 is 1.39 bits per heavy atom. The second-order valence-corrected chi connectivity index (χ2v) is 6.64. The lowest BCUT2D eigenvalue weighted by molar-refractivity contribution is -0.130. The zero-order valence-electron chi connectivity index (χ0n) is 16.9. The molecule has 0 saturated carbocycles. The van der Waals surface area contributed by atoms with Crippen LogP contribution < -0.4 is 10.6 Å². The van der Waals surface area contributed by atoms with E-state index in [1.807, 2.05) is 30.0 Å². The molecule has 0 spiro atoms. The number of halogens is 1. The SMILES string of the molecule is CCC(=O)N1CCC(NC(=NC)NCC(=O)N(C)CCc2ccccn2)C1.I. The minimum Gasteiger partial charge on any atom is -0.352 e. The molecule has 0 aliphatic carbocycles. The number of nitrogens with one attached hydrogen (secondary N) is 2. The number of likely N-dealkylation sites (N-methyl/N-ethyl adjacent to an activating group) is 1. The van der Waals surface area contributed by atoms with E-state index in [9.17, 15) is 9.59 Å². The molecule has 1 aliphatic heterocycles. The number of aromatic nitrogens is 1. The molecular weight excluding hydrogens is 471 g/mol. The minimum atomic E-state index is -0.0110. The molecule has 2 heterocycles. The number of likely N-dealkylation sites (tertiary alicyclic amines) is 1. The van der Waals surface area contributed by atoms with E-state index < -0.39 is 0 Å². The van der Waals surface area contributed by atoms with Gasteiger partial charge in [0.1, 0.15) is 0 Å². The average Bonchev–Trinajstić information content (AvgIpc) is 3.17. The first-order chi connectivity index (χ1) is 13.0. The standard InChI is InChI=1S/C19H30N6O2.HI/c1-4-17(26)25-12-9-16(14-25)23-19(20-2)22-13-18(27)24(3)11-8-15-7-5-6-10-21-15;/h5-7,10,16H,4,8-9,11-14H2,1-3H3,(H2,20,22,23);1H. The van der Waals surface area contributed by atoms with Crippen molar-refractivity contribution < 1.29 is 9.59 Å². The van der Waals surface area contributed by atoms with E-state index in [0.717, 1.165) is 25.1 Å². The predicted octanol–water partition coefficient (Wildman–Crippen LogP) is 0.876. The maximum atomic E-state index is 12.3. The van der Waals surface area contributed by atoms with Crippen molar-refractivity contribution in [3.63, 3.8) is 0 Å². The first-order valence-corrected chi connectivity index (χ1v) is 9.42. The third-order valence-corrected chi connectivity index (χ3v) is 4.67. The van der Waals surface area contributed by atoms with Crippen LogP contribution in [-0.4, -0.2) is 78.9 Å². The average molecular weight is 502 g/mol. The van der Waals surface area contributed by atoms with Crippen LogP contribution in [0.5, 0.6) is 0 Å². The number of amides is 2. The summed E-state index contributed by atoms with van der Waals surface area (Å²) in [7, 11) is 3.46. The molecule has 1 fully saturated rings. The molecule has 1 aromatic heterocycles. The van der Waals surface area contributed by atoms with Crippen LogP contribution in [0.4, 0.5) is 0 Å². The Kier molecular flexibility index (Phi) is 10.8. The Hall–Kier alpha value is -1.91. The molecule has 156 valence electrons. The minimum absolute atomic E-state index is 0. The van der Waals surface area contributed by atoms with Gasteiger partial charge in [0.05, 0.1) is 6.54 Å². The maximum absolute atomic E-state index is 12.3. The number of aliphatic imine (C=N–C) groups is 1. The van der Waals surface area contributed by atoms with Crippen molar-refractivity contribution in [1.82, 2.24) is 25.4 Å². The molecular formula is C19H31IN6O2. The van der Waals surface area contributed by atoms with Gasteiger partial charge in [-0.2, -0.15) is 0 Å². The second kappa shape index (κ2) is 12.5. The predicted molar refractivity (Wildman–Crippen MR) is 121 cm³/mol. The van der Waals surface area contributed by atoms with Crippen LogP contribution in [0.1, 0.15) is 25.5 Å². The number of guanidine groups is 1. The highest BCUT2D eigenvalue weighted by molar-refractivity contribution is 14.0. The van der Waals surface area contributed by atoms with Gasteiger partial charge in [0.2, 0.25) is 11.8 Å². The second-order valence-electron chi connectivity index (χ2n) is 6.64. The summed E-state index contributed by atoms with van der Waals surface area (Å²) in [6.07, 6.45) is 3.88. The van der Waals surface area contributed by atoms with Gasteiger partial charge in [-0.05, 0) is 18.6 Å². The van der Waals surface area contributed by atoms with Gasteiger partial charge in [0, 0.05) is 64.5 Å². The van der Waals surface area contributed by atoms with Gasteiger partial charge in [-0.3, -0.25) is 19.6 Å². The molecule has 1 saturated heterocycles. The smallest absolute Gasteiger partial charge is 0.241 e. The van der Waals surface area contributed by atoms with E-state index in [-0.39, 0.29) is 48.4 Å². The van der Waals surface area contributed by atoms with Crippen molar-refractivity contribution in [3.05, 3.63) is 30.1 Å². The lowest BCUT2D eigenvalue weighted by Crippen LogP contribution is -2.48. The van der Waals surface area contributed by atoms with Gasteiger partial charge in [0.15, 0.2) is 5.96 Å². The van der Waals surface area contributed by atoms with Crippen LogP contribution in [0, 0.1) is 0 Å². The summed E-state index contributed by atoms with van der Waals surface area (Å²) >= 11 is 0. The highest BCUT2D eigenvalue weighted by Crippen LogP contribution is 2.10. The van der Waals surface area contributed by atoms with Crippen LogP contribution >= 0.6 is 24.0 Å². The molecule has 0 aromatic carbocycles. The van der Waals surface area contributed by atoms with Gasteiger partial charge in [-0.25, -0.2) is 0 Å². The number of pyridine rings is 1. The fourth-order valence-electron chi connectivity index (χ4n) is 2.96. The van der Waals surface area contributed by atoms with Crippen molar-refractivity contribution in [2.75, 3.05) is 40.3 Å². The summed E-state index contributed by atoms with van der Waals surface area (Å²) in [6.45, 7) is 4.09. The van der Waals surface area contributed by atoms with E-state index in [1.54, 1.807) is 25.2 Å². The van der Waals surface area contributed by atoms with Crippen LogP contribution in [0.25, 0.3) is 0 Å². The molecule has 2 amide bonds. The highest BCUT2D eigenvalue weighted by Gasteiger charge is 2.25. The summed E-state index contributed by atoms with van der Waals surface area (Å²) in [5.41, 5.74) is 0.968. The summed E-state index contributed by atoms with van der Waals surface area (Å²) in [4.78, 5) is 36.1. The quantitative estimate of drug-likeness (QED) is 0.328. The van der Waals surface area contributed by atoms with Crippen molar-refractivity contribution in [1.29, 1.82) is 0 Å². The van der Waals surface area contributed by atoms with E-state index in [0.29, 0.717) is 25.5 Å². The van der Waals surface area contributed by atoms with E-state index >= 15 is 0 Å². The third kappa shape index (κ3) is 7.61. The number of rotatable bonds is 7. The van der Waals surface area contributed by atoms with Crippen molar-refractivity contribution >= 4 is 41.8 Å². The van der Waals surface area contributed by atoms with E-state index in [1.165, 1.54) is 0 Å².